The van der Waals surface area contributed by atoms with E-state index in [0.29, 0.717) is 35.3 Å². The summed E-state index contributed by atoms with van der Waals surface area (Å²) in [6, 6.07) is 9.59. The quantitative estimate of drug-likeness (QED) is 0.718. The van der Waals surface area contributed by atoms with Crippen LogP contribution >= 0.6 is 0 Å². The topological polar surface area (TPSA) is 68.8 Å². The number of carbonyl (C=O) groups excluding carboxylic acids is 2. The van der Waals surface area contributed by atoms with Crippen molar-refractivity contribution in [2.75, 3.05) is 42.9 Å². The number of piperidine rings is 1. The molecule has 1 unspecified atom stereocenters. The van der Waals surface area contributed by atoms with Gasteiger partial charge in [-0.25, -0.2) is 4.98 Å². The molecule has 3 heterocycles. The van der Waals surface area contributed by atoms with Crippen molar-refractivity contribution >= 4 is 29.0 Å². The fourth-order valence-corrected chi connectivity index (χ4v) is 5.04. The minimum Gasteiger partial charge on any atom is -0.319 e. The van der Waals surface area contributed by atoms with Crippen molar-refractivity contribution in [1.82, 2.24) is 14.8 Å². The Labute approximate surface area is 196 Å². The molecule has 1 atom stereocenters. The molecule has 1 fully saturated rings. The Morgan fingerprint density at radius 1 is 1.18 bits per heavy atom. The number of hydrogen-bond donors (Lipinski definition) is 1. The molecule has 7 heteroatoms. The van der Waals surface area contributed by atoms with Crippen LogP contribution < -0.4 is 10.2 Å². The molecule has 0 saturated carbocycles. The molecular formula is C26H35N5O2. The second kappa shape index (κ2) is 10.0. The lowest BCUT2D eigenvalue weighted by molar-refractivity contribution is -0.120. The van der Waals surface area contributed by atoms with E-state index in [1.165, 1.54) is 6.42 Å². The number of hydrogen-bond acceptors (Lipinski definition) is 5. The number of nitrogens with one attached hydrogen (secondary N) is 1. The van der Waals surface area contributed by atoms with Crippen LogP contribution in [-0.2, 0) is 4.79 Å². The Morgan fingerprint density at radius 3 is 2.70 bits per heavy atom. The van der Waals surface area contributed by atoms with Crippen LogP contribution in [0.15, 0.2) is 30.3 Å². The second-order valence-corrected chi connectivity index (χ2v) is 9.09. The zero-order chi connectivity index (χ0) is 23.5. The van der Waals surface area contributed by atoms with Gasteiger partial charge in [0.1, 0.15) is 0 Å². The lowest BCUT2D eigenvalue weighted by Gasteiger charge is -2.38. The maximum atomic E-state index is 13.9. The summed E-state index contributed by atoms with van der Waals surface area (Å²) < 4.78 is 0. The van der Waals surface area contributed by atoms with E-state index in [4.69, 9.17) is 4.98 Å². The minimum atomic E-state index is -0.215. The van der Waals surface area contributed by atoms with Crippen molar-refractivity contribution in [2.24, 2.45) is 0 Å². The van der Waals surface area contributed by atoms with E-state index in [2.05, 4.69) is 29.0 Å². The number of benzene rings is 1. The smallest absolute Gasteiger partial charge is 0.257 e. The Balaban J connectivity index is 1.71. The van der Waals surface area contributed by atoms with E-state index in [1.807, 2.05) is 38.1 Å². The Morgan fingerprint density at radius 2 is 1.94 bits per heavy atom. The molecule has 176 valence electrons. The molecule has 1 aromatic carbocycles. The monoisotopic (exact) mass is 449 g/mol. The maximum Gasteiger partial charge on any atom is 0.257 e. The normalized spacial score (nSPS) is 18.5. The first kappa shape index (κ1) is 23.4. The van der Waals surface area contributed by atoms with Gasteiger partial charge in [0.2, 0.25) is 5.91 Å². The Hall–Kier alpha value is -2.77. The number of anilines is 3. The standard InChI is InChI=1S/C26H35N5O2/c1-5-29(6-2)16-20-11-9-10-14-30(20)17-23(32)31-22-13-8-7-12-21(22)26(33)28-24-18(3)15-19(4)27-25(24)31/h7-8,12-13,15,20H,5-6,9-11,14,16-17H2,1-4H3,(H,28,33). The van der Waals surface area contributed by atoms with Gasteiger partial charge >= 0.3 is 0 Å². The van der Waals surface area contributed by atoms with E-state index in [-0.39, 0.29) is 11.8 Å². The maximum absolute atomic E-state index is 13.9. The Kier molecular flexibility index (Phi) is 7.10. The van der Waals surface area contributed by atoms with Crippen molar-refractivity contribution in [2.45, 2.75) is 53.0 Å². The van der Waals surface area contributed by atoms with Gasteiger partial charge in [0.05, 0.1) is 23.5 Å². The van der Waals surface area contributed by atoms with E-state index in [0.717, 1.165) is 50.3 Å². The molecule has 2 amide bonds. The van der Waals surface area contributed by atoms with Crippen molar-refractivity contribution in [3.8, 4) is 0 Å². The van der Waals surface area contributed by atoms with Gasteiger partial charge in [0, 0.05) is 18.3 Å². The molecule has 1 N–H and O–H groups in total. The van der Waals surface area contributed by atoms with Crippen molar-refractivity contribution in [3.63, 3.8) is 0 Å². The highest BCUT2D eigenvalue weighted by atomic mass is 16.2. The summed E-state index contributed by atoms with van der Waals surface area (Å²) in [4.78, 5) is 38.1. The zero-order valence-corrected chi connectivity index (χ0v) is 20.2. The molecule has 33 heavy (non-hydrogen) atoms. The summed E-state index contributed by atoms with van der Waals surface area (Å²) in [5.41, 5.74) is 3.39. The number of carbonyl (C=O) groups is 2. The molecule has 2 aliphatic heterocycles. The molecule has 7 nitrogen and oxygen atoms in total. The fraction of sp³-hybridized carbons (Fsp3) is 0.500. The van der Waals surface area contributed by atoms with Crippen LogP contribution in [0.5, 0.6) is 0 Å². The van der Waals surface area contributed by atoms with Crippen LogP contribution in [0.25, 0.3) is 0 Å². The SMILES string of the molecule is CCN(CC)CC1CCCCN1CC(=O)N1c2ccccc2C(=O)Nc2c(C)cc(C)nc21. The Bertz CT molecular complexity index is 1030. The van der Waals surface area contributed by atoms with Gasteiger partial charge < -0.3 is 10.2 Å². The number of rotatable bonds is 6. The number of para-hydroxylation sites is 1. The highest BCUT2D eigenvalue weighted by Gasteiger charge is 2.34. The highest BCUT2D eigenvalue weighted by molar-refractivity contribution is 6.17. The average molecular weight is 450 g/mol. The largest absolute Gasteiger partial charge is 0.319 e. The second-order valence-electron chi connectivity index (χ2n) is 9.09. The predicted molar refractivity (Wildman–Crippen MR) is 132 cm³/mol. The molecule has 0 spiro atoms. The van der Waals surface area contributed by atoms with Gasteiger partial charge in [-0.15, -0.1) is 0 Å². The summed E-state index contributed by atoms with van der Waals surface area (Å²) in [7, 11) is 0. The van der Waals surface area contributed by atoms with Crippen LogP contribution in [-0.4, -0.2) is 65.4 Å². The first-order chi connectivity index (χ1) is 15.9. The van der Waals surface area contributed by atoms with Gasteiger partial charge in [0.15, 0.2) is 5.82 Å². The summed E-state index contributed by atoms with van der Waals surface area (Å²) >= 11 is 0. The number of amides is 2. The third-order valence-electron chi connectivity index (χ3n) is 6.87. The van der Waals surface area contributed by atoms with E-state index < -0.39 is 0 Å². The number of pyridine rings is 1. The number of aromatic nitrogens is 1. The van der Waals surface area contributed by atoms with Crippen LogP contribution in [0.2, 0.25) is 0 Å². The van der Waals surface area contributed by atoms with Crippen LogP contribution in [0.4, 0.5) is 17.2 Å². The lowest BCUT2D eigenvalue weighted by atomic mass is 10.0. The van der Waals surface area contributed by atoms with E-state index >= 15 is 0 Å². The third-order valence-corrected chi connectivity index (χ3v) is 6.87. The van der Waals surface area contributed by atoms with Crippen LogP contribution in [0, 0.1) is 13.8 Å². The molecule has 0 radical (unpaired) electrons. The van der Waals surface area contributed by atoms with Crippen molar-refractivity contribution in [1.29, 1.82) is 0 Å². The molecule has 1 saturated heterocycles. The molecule has 2 aromatic rings. The third kappa shape index (κ3) is 4.80. The first-order valence-electron chi connectivity index (χ1n) is 12.1. The summed E-state index contributed by atoms with van der Waals surface area (Å²) in [6.45, 7) is 12.5. The average Bonchev–Trinajstić information content (AvgIpc) is 2.93. The summed E-state index contributed by atoms with van der Waals surface area (Å²) in [5.74, 6) is 0.241. The van der Waals surface area contributed by atoms with E-state index in [9.17, 15) is 9.59 Å². The number of aryl methyl sites for hydroxylation is 2. The van der Waals surface area contributed by atoms with Gasteiger partial charge in [-0.2, -0.15) is 0 Å². The summed E-state index contributed by atoms with van der Waals surface area (Å²) in [6.07, 6.45) is 3.41. The number of fused-ring (bicyclic) bond motifs is 2. The van der Waals surface area contributed by atoms with Crippen molar-refractivity contribution in [3.05, 3.63) is 47.2 Å². The number of likely N-dealkylation sites (tertiary alicyclic amines) is 1. The van der Waals surface area contributed by atoms with Crippen LogP contribution in [0.3, 0.4) is 0 Å². The molecule has 4 rings (SSSR count). The van der Waals surface area contributed by atoms with Crippen molar-refractivity contribution < 1.29 is 9.59 Å². The molecule has 0 aliphatic carbocycles. The lowest BCUT2D eigenvalue weighted by Crippen LogP contribution is -2.50. The summed E-state index contributed by atoms with van der Waals surface area (Å²) in [5, 5.41) is 3.00. The highest BCUT2D eigenvalue weighted by Crippen LogP contribution is 2.38. The van der Waals surface area contributed by atoms with Gasteiger partial charge in [0.25, 0.3) is 5.91 Å². The van der Waals surface area contributed by atoms with E-state index in [1.54, 1.807) is 11.0 Å². The minimum absolute atomic E-state index is 0.0517. The van der Waals surface area contributed by atoms with Crippen LogP contribution in [0.1, 0.15) is 54.7 Å². The molecule has 0 bridgehead atoms. The molecular weight excluding hydrogens is 414 g/mol. The molecule has 2 aliphatic rings. The predicted octanol–water partition coefficient (Wildman–Crippen LogP) is 4.13. The fourth-order valence-electron chi connectivity index (χ4n) is 5.04. The van der Waals surface area contributed by atoms with Gasteiger partial charge in [-0.3, -0.25) is 19.4 Å². The zero-order valence-electron chi connectivity index (χ0n) is 20.2. The van der Waals surface area contributed by atoms with Gasteiger partial charge in [-0.05, 0) is 70.1 Å². The first-order valence-corrected chi connectivity index (χ1v) is 12.1. The molecule has 1 aromatic heterocycles. The number of nitrogens with zero attached hydrogens (tertiary/aromatic N) is 4. The van der Waals surface area contributed by atoms with Gasteiger partial charge in [-0.1, -0.05) is 32.4 Å². The number of likely N-dealkylation sites (N-methyl/N-ethyl adjacent to an activating group) is 1.